The highest BCUT2D eigenvalue weighted by Crippen LogP contribution is 2.26. The number of benzene rings is 2. The van der Waals surface area contributed by atoms with E-state index in [1.807, 2.05) is 6.07 Å². The molecule has 0 amide bonds. The molecule has 8 heteroatoms. The second-order valence-corrected chi connectivity index (χ2v) is 7.28. The van der Waals surface area contributed by atoms with Crippen molar-refractivity contribution in [2.75, 3.05) is 4.72 Å². The predicted octanol–water partition coefficient (Wildman–Crippen LogP) is 3.94. The van der Waals surface area contributed by atoms with Crippen LogP contribution in [0.25, 0.3) is 11.3 Å². The Morgan fingerprint density at radius 2 is 1.85 bits per heavy atom. The van der Waals surface area contributed by atoms with Gasteiger partial charge in [-0.05, 0) is 42.8 Å². The van der Waals surface area contributed by atoms with Crippen molar-refractivity contribution in [3.8, 4) is 17.3 Å². The molecule has 0 saturated carbocycles. The number of nitriles is 1. The molecule has 26 heavy (non-hydrogen) atoms. The topological polar surface area (TPSA) is 85.8 Å². The minimum absolute atomic E-state index is 0.119. The molecule has 3 aromatic rings. The van der Waals surface area contributed by atoms with E-state index in [1.54, 1.807) is 13.0 Å². The van der Waals surface area contributed by atoms with E-state index >= 15 is 0 Å². The Balaban J connectivity index is 1.94. The first-order valence-corrected chi connectivity index (χ1v) is 8.96. The van der Waals surface area contributed by atoms with Crippen LogP contribution in [0.2, 0.25) is 0 Å². The quantitative estimate of drug-likeness (QED) is 0.726. The SMILES string of the molecule is Cc1cc(NS(=O)(=O)c2c[nH]c(-c3ccccc3F)c2)c(F)cc1C#N. The number of rotatable bonds is 4. The monoisotopic (exact) mass is 373 g/mol. The second-order valence-electron chi connectivity index (χ2n) is 5.59. The Hall–Kier alpha value is -3.18. The molecule has 0 aliphatic heterocycles. The summed E-state index contributed by atoms with van der Waals surface area (Å²) in [5, 5.41) is 8.89. The summed E-state index contributed by atoms with van der Waals surface area (Å²) in [5.41, 5.74) is 0.783. The van der Waals surface area contributed by atoms with Crippen molar-refractivity contribution in [2.45, 2.75) is 11.8 Å². The predicted molar refractivity (Wildman–Crippen MR) is 92.8 cm³/mol. The maximum absolute atomic E-state index is 14.1. The fourth-order valence-electron chi connectivity index (χ4n) is 2.45. The van der Waals surface area contributed by atoms with E-state index in [0.29, 0.717) is 5.56 Å². The van der Waals surface area contributed by atoms with Gasteiger partial charge in [-0.3, -0.25) is 4.72 Å². The van der Waals surface area contributed by atoms with Crippen LogP contribution in [0.1, 0.15) is 11.1 Å². The van der Waals surface area contributed by atoms with Crippen LogP contribution >= 0.6 is 0 Å². The van der Waals surface area contributed by atoms with Gasteiger partial charge in [-0.2, -0.15) is 5.26 Å². The summed E-state index contributed by atoms with van der Waals surface area (Å²) in [4.78, 5) is 2.53. The van der Waals surface area contributed by atoms with E-state index in [-0.39, 0.29) is 27.4 Å². The van der Waals surface area contributed by atoms with Gasteiger partial charge in [0.2, 0.25) is 0 Å². The van der Waals surface area contributed by atoms with Crippen LogP contribution in [0.15, 0.2) is 53.6 Å². The number of aromatic nitrogens is 1. The van der Waals surface area contributed by atoms with Gasteiger partial charge in [-0.25, -0.2) is 17.2 Å². The van der Waals surface area contributed by atoms with Crippen LogP contribution in [0.3, 0.4) is 0 Å². The van der Waals surface area contributed by atoms with Crippen molar-refractivity contribution < 1.29 is 17.2 Å². The van der Waals surface area contributed by atoms with Gasteiger partial charge in [0.05, 0.1) is 17.3 Å². The molecule has 0 atom stereocenters. The van der Waals surface area contributed by atoms with E-state index in [9.17, 15) is 17.2 Å². The first kappa shape index (κ1) is 17.6. The van der Waals surface area contributed by atoms with Crippen molar-refractivity contribution in [1.29, 1.82) is 5.26 Å². The third-order valence-corrected chi connectivity index (χ3v) is 5.15. The van der Waals surface area contributed by atoms with E-state index in [1.165, 1.54) is 36.5 Å². The number of sulfonamides is 1. The number of anilines is 1. The highest BCUT2D eigenvalue weighted by Gasteiger charge is 2.20. The zero-order valence-electron chi connectivity index (χ0n) is 13.5. The zero-order chi connectivity index (χ0) is 18.9. The summed E-state index contributed by atoms with van der Waals surface area (Å²) in [6, 6.07) is 11.2. The standard InChI is InChI=1S/C18H13F2N3O2S/c1-11-6-18(16(20)7-12(11)9-21)23-26(24,25)13-8-17(22-10-13)14-4-2-3-5-15(14)19/h2-8,10,22-23H,1H3. The van der Waals surface area contributed by atoms with Crippen molar-refractivity contribution in [3.05, 3.63) is 71.4 Å². The molecule has 132 valence electrons. The molecule has 5 nitrogen and oxygen atoms in total. The number of hydrogen-bond acceptors (Lipinski definition) is 3. The van der Waals surface area contributed by atoms with Gasteiger partial charge in [0.1, 0.15) is 16.5 Å². The molecule has 0 aliphatic rings. The Bertz CT molecular complexity index is 1130. The highest BCUT2D eigenvalue weighted by molar-refractivity contribution is 7.92. The summed E-state index contributed by atoms with van der Waals surface area (Å²) < 4.78 is 55.0. The van der Waals surface area contributed by atoms with E-state index in [4.69, 9.17) is 5.26 Å². The number of halogens is 2. The third kappa shape index (κ3) is 3.30. The van der Waals surface area contributed by atoms with Gasteiger partial charge < -0.3 is 4.98 Å². The van der Waals surface area contributed by atoms with Crippen molar-refractivity contribution >= 4 is 15.7 Å². The van der Waals surface area contributed by atoms with E-state index < -0.39 is 21.7 Å². The van der Waals surface area contributed by atoms with Gasteiger partial charge in [0, 0.05) is 17.5 Å². The Morgan fingerprint density at radius 1 is 1.12 bits per heavy atom. The van der Waals surface area contributed by atoms with Gasteiger partial charge in [0.25, 0.3) is 10.0 Å². The minimum Gasteiger partial charge on any atom is -0.360 e. The van der Waals surface area contributed by atoms with Crippen LogP contribution in [0.5, 0.6) is 0 Å². The first-order valence-electron chi connectivity index (χ1n) is 7.48. The Morgan fingerprint density at radius 3 is 2.54 bits per heavy atom. The molecule has 0 fully saturated rings. The Labute approximate surface area is 149 Å². The number of aromatic amines is 1. The molecule has 0 bridgehead atoms. The van der Waals surface area contributed by atoms with Gasteiger partial charge >= 0.3 is 0 Å². The molecule has 0 unspecified atom stereocenters. The number of nitrogens with one attached hydrogen (secondary N) is 2. The molecule has 0 radical (unpaired) electrons. The average molecular weight is 373 g/mol. The summed E-state index contributed by atoms with van der Waals surface area (Å²) in [7, 11) is -4.10. The number of aryl methyl sites for hydroxylation is 1. The first-order chi connectivity index (χ1) is 12.3. The van der Waals surface area contributed by atoms with Crippen LogP contribution in [0.4, 0.5) is 14.5 Å². The normalized spacial score (nSPS) is 11.2. The van der Waals surface area contributed by atoms with Crippen LogP contribution in [-0.4, -0.2) is 13.4 Å². The van der Waals surface area contributed by atoms with Gasteiger partial charge in [0.15, 0.2) is 0 Å². The molecule has 2 N–H and O–H groups in total. The lowest BCUT2D eigenvalue weighted by Gasteiger charge is -2.09. The van der Waals surface area contributed by atoms with Crippen LogP contribution < -0.4 is 4.72 Å². The van der Waals surface area contributed by atoms with E-state index in [0.717, 1.165) is 6.07 Å². The summed E-state index contributed by atoms with van der Waals surface area (Å²) in [5.74, 6) is -1.36. The molecule has 1 heterocycles. The summed E-state index contributed by atoms with van der Waals surface area (Å²) in [6.45, 7) is 1.57. The second kappa shape index (κ2) is 6.61. The van der Waals surface area contributed by atoms with Crippen molar-refractivity contribution in [1.82, 2.24) is 4.98 Å². The number of nitrogens with zero attached hydrogens (tertiary/aromatic N) is 1. The summed E-state index contributed by atoms with van der Waals surface area (Å²) in [6.07, 6.45) is 1.19. The van der Waals surface area contributed by atoms with E-state index in [2.05, 4.69) is 9.71 Å². The maximum Gasteiger partial charge on any atom is 0.263 e. The smallest absolute Gasteiger partial charge is 0.263 e. The molecule has 3 rings (SSSR count). The van der Waals surface area contributed by atoms with Crippen molar-refractivity contribution in [2.24, 2.45) is 0 Å². The lowest BCUT2D eigenvalue weighted by Crippen LogP contribution is -2.13. The number of H-pyrrole nitrogens is 1. The maximum atomic E-state index is 14.1. The van der Waals surface area contributed by atoms with Crippen LogP contribution in [-0.2, 0) is 10.0 Å². The minimum atomic E-state index is -4.10. The largest absolute Gasteiger partial charge is 0.360 e. The fraction of sp³-hybridized carbons (Fsp3) is 0.0556. The zero-order valence-corrected chi connectivity index (χ0v) is 14.4. The fourth-order valence-corrected chi connectivity index (χ4v) is 3.50. The molecular weight excluding hydrogens is 360 g/mol. The van der Waals surface area contributed by atoms with Crippen LogP contribution in [0, 0.1) is 29.9 Å². The molecule has 0 saturated heterocycles. The molecule has 1 aromatic heterocycles. The molecule has 0 spiro atoms. The average Bonchev–Trinajstić information content (AvgIpc) is 3.09. The lowest BCUT2D eigenvalue weighted by atomic mass is 10.1. The molecule has 2 aromatic carbocycles. The molecule has 0 aliphatic carbocycles. The van der Waals surface area contributed by atoms with Gasteiger partial charge in [-0.15, -0.1) is 0 Å². The lowest BCUT2D eigenvalue weighted by molar-refractivity contribution is 0.598. The highest BCUT2D eigenvalue weighted by atomic mass is 32.2. The van der Waals surface area contributed by atoms with Gasteiger partial charge in [-0.1, -0.05) is 12.1 Å². The summed E-state index contributed by atoms with van der Waals surface area (Å²) >= 11 is 0. The molecular formula is C18H13F2N3O2S. The Kier molecular flexibility index (Phi) is 4.49. The third-order valence-electron chi connectivity index (χ3n) is 3.81. The number of hydrogen-bond donors (Lipinski definition) is 2. The van der Waals surface area contributed by atoms with Crippen molar-refractivity contribution in [3.63, 3.8) is 0 Å².